The maximum absolute atomic E-state index is 13.0. The number of amides is 2. The molecule has 2 aliphatic heterocycles. The molecular formula is C21H28N6O2. The molecule has 8 heteroatoms. The molecule has 4 heterocycles. The first-order chi connectivity index (χ1) is 13.9. The quantitative estimate of drug-likeness (QED) is 0.791. The van der Waals surface area contributed by atoms with E-state index in [1.165, 1.54) is 0 Å². The fourth-order valence-electron chi connectivity index (χ4n) is 4.32. The van der Waals surface area contributed by atoms with Crippen molar-refractivity contribution in [1.29, 1.82) is 0 Å². The van der Waals surface area contributed by atoms with E-state index < -0.39 is 0 Å². The third kappa shape index (κ3) is 3.88. The fourth-order valence-corrected chi connectivity index (χ4v) is 4.32. The SMILES string of the molecule is CC(=O)N1CCC(c2ncc3c(n2)CCN(C(=O)[C@@H](C)n2nccc2C)C3)CC1. The topological polar surface area (TPSA) is 84.2 Å². The Morgan fingerprint density at radius 1 is 1.17 bits per heavy atom. The number of fused-ring (bicyclic) bond motifs is 1. The van der Waals surface area contributed by atoms with Gasteiger partial charge in [0.15, 0.2) is 0 Å². The standard InChI is InChI=1S/C21H28N6O2/c1-14-4-8-23-27(14)15(2)21(29)26-11-7-19-18(13-26)12-22-20(24-19)17-5-9-25(10-6-17)16(3)28/h4,8,12,15,17H,5-7,9-11,13H2,1-3H3/t15-/m1/s1. The molecule has 0 radical (unpaired) electrons. The van der Waals surface area contributed by atoms with E-state index in [0.717, 1.165) is 55.1 Å². The zero-order valence-corrected chi connectivity index (χ0v) is 17.3. The molecule has 1 atom stereocenters. The van der Waals surface area contributed by atoms with Crippen molar-refractivity contribution in [3.05, 3.63) is 41.2 Å². The largest absolute Gasteiger partial charge is 0.343 e. The third-order valence-corrected chi connectivity index (χ3v) is 6.16. The first-order valence-electron chi connectivity index (χ1n) is 10.3. The molecule has 154 valence electrons. The lowest BCUT2D eigenvalue weighted by Crippen LogP contribution is -2.41. The van der Waals surface area contributed by atoms with Crippen LogP contribution >= 0.6 is 0 Å². The zero-order valence-electron chi connectivity index (χ0n) is 17.3. The van der Waals surface area contributed by atoms with Gasteiger partial charge >= 0.3 is 0 Å². The molecule has 2 amide bonds. The molecule has 29 heavy (non-hydrogen) atoms. The lowest BCUT2D eigenvalue weighted by molar-refractivity contribution is -0.135. The van der Waals surface area contributed by atoms with Crippen LogP contribution in [0.3, 0.4) is 0 Å². The van der Waals surface area contributed by atoms with Gasteiger partial charge in [-0.15, -0.1) is 0 Å². The van der Waals surface area contributed by atoms with Crippen molar-refractivity contribution in [3.8, 4) is 0 Å². The van der Waals surface area contributed by atoms with Crippen LogP contribution in [0.1, 0.15) is 61.4 Å². The number of carbonyl (C=O) groups excluding carboxylic acids is 2. The summed E-state index contributed by atoms with van der Waals surface area (Å²) < 4.78 is 1.77. The van der Waals surface area contributed by atoms with Crippen LogP contribution in [0, 0.1) is 6.92 Å². The number of likely N-dealkylation sites (tertiary alicyclic amines) is 1. The highest BCUT2D eigenvalue weighted by Crippen LogP contribution is 2.27. The maximum atomic E-state index is 13.0. The summed E-state index contributed by atoms with van der Waals surface area (Å²) in [5.41, 5.74) is 3.06. The summed E-state index contributed by atoms with van der Waals surface area (Å²) in [5.74, 6) is 1.40. The maximum Gasteiger partial charge on any atom is 0.247 e. The molecule has 1 fully saturated rings. The average Bonchev–Trinajstić information content (AvgIpc) is 3.17. The van der Waals surface area contributed by atoms with Crippen molar-refractivity contribution in [1.82, 2.24) is 29.5 Å². The number of aromatic nitrogens is 4. The summed E-state index contributed by atoms with van der Waals surface area (Å²) in [6.45, 7) is 8.22. The van der Waals surface area contributed by atoms with E-state index in [9.17, 15) is 9.59 Å². The van der Waals surface area contributed by atoms with Crippen molar-refractivity contribution < 1.29 is 9.59 Å². The Labute approximate surface area is 170 Å². The molecule has 0 aliphatic carbocycles. The monoisotopic (exact) mass is 396 g/mol. The predicted octanol–water partition coefficient (Wildman–Crippen LogP) is 1.85. The van der Waals surface area contributed by atoms with Gasteiger partial charge in [-0.1, -0.05) is 0 Å². The van der Waals surface area contributed by atoms with Crippen LogP contribution in [0.2, 0.25) is 0 Å². The Morgan fingerprint density at radius 3 is 2.59 bits per heavy atom. The van der Waals surface area contributed by atoms with Crippen LogP contribution in [0.25, 0.3) is 0 Å². The first-order valence-corrected chi connectivity index (χ1v) is 10.3. The van der Waals surface area contributed by atoms with Gasteiger partial charge in [0.2, 0.25) is 11.8 Å². The van der Waals surface area contributed by atoms with Crippen LogP contribution in [-0.2, 0) is 22.6 Å². The number of nitrogens with zero attached hydrogens (tertiary/aromatic N) is 6. The van der Waals surface area contributed by atoms with Crippen molar-refractivity contribution >= 4 is 11.8 Å². The van der Waals surface area contributed by atoms with Crippen molar-refractivity contribution in [3.63, 3.8) is 0 Å². The second-order valence-electron chi connectivity index (χ2n) is 8.08. The van der Waals surface area contributed by atoms with E-state index in [0.29, 0.717) is 19.0 Å². The van der Waals surface area contributed by atoms with Crippen LogP contribution < -0.4 is 0 Å². The van der Waals surface area contributed by atoms with E-state index >= 15 is 0 Å². The van der Waals surface area contributed by atoms with Crippen molar-refractivity contribution in [2.24, 2.45) is 0 Å². The minimum absolute atomic E-state index is 0.0723. The number of rotatable bonds is 3. The number of aryl methyl sites for hydroxylation is 1. The van der Waals surface area contributed by atoms with E-state index in [4.69, 9.17) is 4.98 Å². The van der Waals surface area contributed by atoms with Gasteiger partial charge < -0.3 is 9.80 Å². The smallest absolute Gasteiger partial charge is 0.247 e. The van der Waals surface area contributed by atoms with Gasteiger partial charge in [-0.2, -0.15) is 5.10 Å². The van der Waals surface area contributed by atoms with Gasteiger partial charge in [0.25, 0.3) is 0 Å². The summed E-state index contributed by atoms with van der Waals surface area (Å²) >= 11 is 0. The molecule has 0 aromatic carbocycles. The van der Waals surface area contributed by atoms with E-state index in [1.807, 2.05) is 35.9 Å². The van der Waals surface area contributed by atoms with Crippen molar-refractivity contribution in [2.75, 3.05) is 19.6 Å². The molecular weight excluding hydrogens is 368 g/mol. The molecule has 1 saturated heterocycles. The Bertz CT molecular complexity index is 916. The molecule has 0 unspecified atom stereocenters. The van der Waals surface area contributed by atoms with Crippen LogP contribution in [0.5, 0.6) is 0 Å². The highest BCUT2D eigenvalue weighted by atomic mass is 16.2. The fraction of sp³-hybridized carbons (Fsp3) is 0.571. The summed E-state index contributed by atoms with van der Waals surface area (Å²) in [7, 11) is 0. The molecule has 4 rings (SSSR count). The summed E-state index contributed by atoms with van der Waals surface area (Å²) in [5, 5.41) is 4.28. The molecule has 0 saturated carbocycles. The minimum Gasteiger partial charge on any atom is -0.343 e. The van der Waals surface area contributed by atoms with E-state index in [2.05, 4.69) is 10.1 Å². The van der Waals surface area contributed by atoms with Gasteiger partial charge in [0.05, 0.1) is 5.69 Å². The van der Waals surface area contributed by atoms with E-state index in [-0.39, 0.29) is 17.9 Å². The summed E-state index contributed by atoms with van der Waals surface area (Å²) in [6, 6.07) is 1.59. The Hall–Kier alpha value is -2.77. The number of carbonyl (C=O) groups is 2. The highest BCUT2D eigenvalue weighted by Gasteiger charge is 2.29. The second kappa shape index (κ2) is 7.93. The lowest BCUT2D eigenvalue weighted by Gasteiger charge is -2.32. The Morgan fingerprint density at radius 2 is 1.93 bits per heavy atom. The highest BCUT2D eigenvalue weighted by molar-refractivity contribution is 5.80. The zero-order chi connectivity index (χ0) is 20.5. The van der Waals surface area contributed by atoms with Gasteiger partial charge in [0, 0.05) is 69.1 Å². The average molecular weight is 396 g/mol. The van der Waals surface area contributed by atoms with Crippen LogP contribution in [0.4, 0.5) is 0 Å². The predicted molar refractivity (Wildman–Crippen MR) is 107 cm³/mol. The third-order valence-electron chi connectivity index (χ3n) is 6.16. The molecule has 0 spiro atoms. The molecule has 0 bridgehead atoms. The van der Waals surface area contributed by atoms with Gasteiger partial charge in [0.1, 0.15) is 11.9 Å². The Balaban J connectivity index is 1.43. The number of piperidine rings is 1. The normalized spacial score (nSPS) is 18.4. The number of hydrogen-bond acceptors (Lipinski definition) is 5. The Kier molecular flexibility index (Phi) is 5.34. The molecule has 2 aromatic rings. The molecule has 8 nitrogen and oxygen atoms in total. The van der Waals surface area contributed by atoms with Gasteiger partial charge in [-0.05, 0) is 32.8 Å². The minimum atomic E-state index is -0.321. The van der Waals surface area contributed by atoms with Crippen molar-refractivity contribution in [2.45, 2.75) is 58.5 Å². The second-order valence-corrected chi connectivity index (χ2v) is 8.08. The summed E-state index contributed by atoms with van der Waals surface area (Å²) in [6.07, 6.45) is 6.17. The first kappa shape index (κ1) is 19.5. The molecule has 2 aliphatic rings. The number of hydrogen-bond donors (Lipinski definition) is 0. The van der Waals surface area contributed by atoms with Gasteiger partial charge in [-0.25, -0.2) is 9.97 Å². The molecule has 0 N–H and O–H groups in total. The molecule has 2 aromatic heterocycles. The van der Waals surface area contributed by atoms with Crippen LogP contribution in [-0.4, -0.2) is 61.0 Å². The van der Waals surface area contributed by atoms with E-state index in [1.54, 1.807) is 17.8 Å². The van der Waals surface area contributed by atoms with Crippen LogP contribution in [0.15, 0.2) is 18.5 Å². The lowest BCUT2D eigenvalue weighted by atomic mass is 9.95. The summed E-state index contributed by atoms with van der Waals surface area (Å²) in [4.78, 5) is 37.7. The van der Waals surface area contributed by atoms with Gasteiger partial charge in [-0.3, -0.25) is 14.3 Å².